The monoisotopic (exact) mass is 479 g/mol. The topological polar surface area (TPSA) is 132 Å². The first-order valence-electron chi connectivity index (χ1n) is 11.0. The summed E-state index contributed by atoms with van der Waals surface area (Å²) >= 11 is 5.95. The van der Waals surface area contributed by atoms with Gasteiger partial charge in [0.15, 0.2) is 11.5 Å². The van der Waals surface area contributed by atoms with Crippen molar-refractivity contribution >= 4 is 29.2 Å². The Morgan fingerprint density at radius 1 is 1.21 bits per heavy atom. The van der Waals surface area contributed by atoms with E-state index in [1.165, 1.54) is 10.9 Å². The summed E-state index contributed by atoms with van der Waals surface area (Å²) in [5, 5.41) is 3.17. The highest BCUT2D eigenvalue weighted by Gasteiger charge is 2.30. The van der Waals surface area contributed by atoms with Crippen molar-refractivity contribution in [2.24, 2.45) is 5.73 Å². The molecule has 0 radical (unpaired) electrons. The number of nitrogen functional groups attached to an aromatic ring is 1. The fraction of sp³-hybridized carbons (Fsp3) is 0.250. The van der Waals surface area contributed by atoms with Crippen LogP contribution in [0.3, 0.4) is 0 Å². The lowest BCUT2D eigenvalue weighted by Gasteiger charge is -2.34. The molecule has 0 aliphatic carbocycles. The summed E-state index contributed by atoms with van der Waals surface area (Å²) in [6.07, 6.45) is 8.49. The van der Waals surface area contributed by atoms with Crippen LogP contribution in [0.1, 0.15) is 58.9 Å². The maximum absolute atomic E-state index is 12.6. The number of allylic oxidation sites excluding steroid dienone is 1. The van der Waals surface area contributed by atoms with Crippen molar-refractivity contribution in [3.63, 3.8) is 0 Å². The maximum Gasteiger partial charge on any atom is 0.269 e. The Morgan fingerprint density at radius 3 is 2.65 bits per heavy atom. The number of anilines is 1. The number of piperidine rings is 1. The van der Waals surface area contributed by atoms with Gasteiger partial charge in [0.25, 0.3) is 11.8 Å². The highest BCUT2D eigenvalue weighted by molar-refractivity contribution is 6.30. The molecular weight excluding hydrogens is 454 g/mol. The second kappa shape index (κ2) is 9.96. The van der Waals surface area contributed by atoms with Gasteiger partial charge < -0.3 is 21.8 Å². The first kappa shape index (κ1) is 23.3. The van der Waals surface area contributed by atoms with E-state index >= 15 is 0 Å². The number of nitrogens with two attached hydrogens (primary N) is 2. The Balaban J connectivity index is 1.64. The summed E-state index contributed by atoms with van der Waals surface area (Å²) in [6.45, 7) is 2.84. The van der Waals surface area contributed by atoms with E-state index in [2.05, 4.69) is 15.2 Å². The lowest BCUT2D eigenvalue weighted by atomic mass is 10.0. The van der Waals surface area contributed by atoms with E-state index in [1.54, 1.807) is 36.4 Å². The summed E-state index contributed by atoms with van der Waals surface area (Å²) in [6, 6.07) is 9.83. The number of nitrogens with zero attached hydrogens (tertiary/aromatic N) is 4. The SMILES string of the molecule is CC=CN1CCCCC1c1nc(-c2ccc(C(=O)Nc3cc(Cl)ccn3)cc2)c(C(N)=O)n1N. The molecule has 2 aromatic heterocycles. The number of primary amides is 1. The summed E-state index contributed by atoms with van der Waals surface area (Å²) < 4.78 is 1.30. The first-order valence-corrected chi connectivity index (χ1v) is 11.4. The quantitative estimate of drug-likeness (QED) is 0.461. The van der Waals surface area contributed by atoms with Crippen LogP contribution in [0.4, 0.5) is 5.82 Å². The van der Waals surface area contributed by atoms with Crippen LogP contribution in [0.5, 0.6) is 0 Å². The minimum atomic E-state index is -0.668. The number of benzene rings is 1. The number of nitrogens with one attached hydrogen (secondary N) is 1. The summed E-state index contributed by atoms with van der Waals surface area (Å²) in [4.78, 5) is 35.9. The predicted molar refractivity (Wildman–Crippen MR) is 132 cm³/mol. The third-order valence-corrected chi connectivity index (χ3v) is 5.97. The fourth-order valence-corrected chi connectivity index (χ4v) is 4.32. The number of halogens is 1. The van der Waals surface area contributed by atoms with Crippen LogP contribution in [0, 0.1) is 0 Å². The van der Waals surface area contributed by atoms with Gasteiger partial charge in [0.1, 0.15) is 11.5 Å². The van der Waals surface area contributed by atoms with Crippen molar-refractivity contribution in [1.82, 2.24) is 19.5 Å². The van der Waals surface area contributed by atoms with Gasteiger partial charge in [-0.1, -0.05) is 29.8 Å². The van der Waals surface area contributed by atoms with Crippen molar-refractivity contribution < 1.29 is 9.59 Å². The largest absolute Gasteiger partial charge is 0.368 e. The van der Waals surface area contributed by atoms with Gasteiger partial charge in [-0.3, -0.25) is 9.59 Å². The minimum Gasteiger partial charge on any atom is -0.368 e. The molecule has 1 aliphatic heterocycles. The maximum atomic E-state index is 12.6. The van der Waals surface area contributed by atoms with E-state index < -0.39 is 5.91 Å². The van der Waals surface area contributed by atoms with Gasteiger partial charge in [0.2, 0.25) is 0 Å². The number of pyridine rings is 1. The van der Waals surface area contributed by atoms with Crippen LogP contribution in [0.25, 0.3) is 11.3 Å². The molecule has 0 spiro atoms. The summed E-state index contributed by atoms with van der Waals surface area (Å²) in [5.74, 6) is 6.25. The molecule has 1 aliphatic rings. The zero-order valence-corrected chi connectivity index (χ0v) is 19.5. The molecule has 4 rings (SSSR count). The van der Waals surface area contributed by atoms with E-state index in [0.717, 1.165) is 25.8 Å². The second-order valence-electron chi connectivity index (χ2n) is 8.02. The first-order chi connectivity index (χ1) is 16.4. The number of likely N-dealkylation sites (tertiary alicyclic amines) is 1. The van der Waals surface area contributed by atoms with Gasteiger partial charge in [0.05, 0.1) is 6.04 Å². The fourth-order valence-electron chi connectivity index (χ4n) is 4.16. The highest BCUT2D eigenvalue weighted by atomic mass is 35.5. The van der Waals surface area contributed by atoms with Crippen LogP contribution in [0.15, 0.2) is 54.9 Å². The number of hydrogen-bond acceptors (Lipinski definition) is 6. The predicted octanol–water partition coefficient (Wildman–Crippen LogP) is 3.72. The molecular formula is C24H26ClN7O2. The van der Waals surface area contributed by atoms with Gasteiger partial charge in [-0.15, -0.1) is 0 Å². The van der Waals surface area contributed by atoms with Crippen molar-refractivity contribution in [1.29, 1.82) is 0 Å². The van der Waals surface area contributed by atoms with Crippen LogP contribution in [0.2, 0.25) is 5.02 Å². The standard InChI is InChI=1S/C24H26ClN7O2/c1-2-12-31-13-4-3-5-18(31)23-30-20(21(22(26)33)32(23)27)15-6-8-16(9-7-15)24(34)29-19-14-17(25)10-11-28-19/h2,6-12,14,18H,3-5,13,27H2,1H3,(H2,26,33)(H,28,29,34). The van der Waals surface area contributed by atoms with Gasteiger partial charge >= 0.3 is 0 Å². The zero-order valence-electron chi connectivity index (χ0n) is 18.7. The molecule has 1 atom stereocenters. The number of carbonyl (C=O) groups is 2. The molecule has 34 heavy (non-hydrogen) atoms. The highest BCUT2D eigenvalue weighted by Crippen LogP contribution is 2.33. The van der Waals surface area contributed by atoms with Crippen LogP contribution < -0.4 is 16.9 Å². The van der Waals surface area contributed by atoms with E-state index in [-0.39, 0.29) is 17.6 Å². The Bertz CT molecular complexity index is 1240. The summed E-state index contributed by atoms with van der Waals surface area (Å²) in [7, 11) is 0. The average molecular weight is 480 g/mol. The average Bonchev–Trinajstić information content (AvgIpc) is 3.17. The molecule has 3 heterocycles. The normalized spacial score (nSPS) is 16.1. The molecule has 3 aromatic rings. The third-order valence-electron chi connectivity index (χ3n) is 5.74. The molecule has 5 N–H and O–H groups in total. The molecule has 1 aromatic carbocycles. The Hall–Kier alpha value is -3.85. The molecule has 1 unspecified atom stereocenters. The van der Waals surface area contributed by atoms with E-state index in [9.17, 15) is 9.59 Å². The zero-order chi connectivity index (χ0) is 24.2. The minimum absolute atomic E-state index is 0.0583. The van der Waals surface area contributed by atoms with Gasteiger partial charge in [0, 0.05) is 28.9 Å². The molecule has 176 valence electrons. The smallest absolute Gasteiger partial charge is 0.269 e. The lowest BCUT2D eigenvalue weighted by Crippen LogP contribution is -2.33. The third kappa shape index (κ3) is 4.74. The number of hydrogen-bond donors (Lipinski definition) is 3. The van der Waals surface area contributed by atoms with Gasteiger partial charge in [-0.2, -0.15) is 0 Å². The Morgan fingerprint density at radius 2 is 1.97 bits per heavy atom. The van der Waals surface area contributed by atoms with Crippen molar-refractivity contribution in [2.75, 3.05) is 17.7 Å². The van der Waals surface area contributed by atoms with Crippen LogP contribution in [-0.4, -0.2) is 37.9 Å². The molecule has 0 bridgehead atoms. The molecule has 2 amide bonds. The number of amides is 2. The van der Waals surface area contributed by atoms with Crippen LogP contribution >= 0.6 is 11.6 Å². The second-order valence-corrected chi connectivity index (χ2v) is 8.46. The number of rotatable bonds is 6. The van der Waals surface area contributed by atoms with Crippen molar-refractivity contribution in [3.8, 4) is 11.3 Å². The molecule has 10 heteroatoms. The Labute approximate surface area is 202 Å². The number of aromatic nitrogens is 3. The lowest BCUT2D eigenvalue weighted by molar-refractivity contribution is 0.0990. The molecule has 9 nitrogen and oxygen atoms in total. The Kier molecular flexibility index (Phi) is 6.83. The molecule has 1 saturated heterocycles. The molecule has 0 saturated carbocycles. The number of imidazole rings is 1. The summed E-state index contributed by atoms with van der Waals surface area (Å²) in [5.41, 5.74) is 7.23. The van der Waals surface area contributed by atoms with E-state index in [0.29, 0.717) is 33.5 Å². The van der Waals surface area contributed by atoms with Crippen molar-refractivity contribution in [2.45, 2.75) is 32.2 Å². The number of carbonyl (C=O) groups excluding carboxylic acids is 2. The van der Waals surface area contributed by atoms with Crippen molar-refractivity contribution in [3.05, 3.63) is 77.0 Å². The van der Waals surface area contributed by atoms with Gasteiger partial charge in [-0.05, 0) is 56.7 Å². The van der Waals surface area contributed by atoms with E-state index in [1.807, 2.05) is 19.2 Å². The van der Waals surface area contributed by atoms with E-state index in [4.69, 9.17) is 28.2 Å². The van der Waals surface area contributed by atoms with Gasteiger partial charge in [-0.25, -0.2) is 14.6 Å². The van der Waals surface area contributed by atoms with Crippen LogP contribution in [-0.2, 0) is 0 Å². The molecule has 1 fully saturated rings.